The number of carbonyl (C=O) groups is 2. The topological polar surface area (TPSA) is 123 Å². The van der Waals surface area contributed by atoms with Crippen LogP contribution in [0.15, 0.2) is 72.1 Å². The summed E-state index contributed by atoms with van der Waals surface area (Å²) in [5.41, 5.74) is 3.35. The number of nitrogens with one attached hydrogen (secondary N) is 2. The number of aliphatic hydroxyl groups excluding tert-OH is 1. The van der Waals surface area contributed by atoms with Gasteiger partial charge in [-0.1, -0.05) is 61.5 Å². The number of thioether (sulfide) groups is 1. The lowest BCUT2D eigenvalue weighted by atomic mass is 9.91. The van der Waals surface area contributed by atoms with Crippen LogP contribution in [-0.2, 0) is 25.7 Å². The van der Waals surface area contributed by atoms with Gasteiger partial charge in [-0.2, -0.15) is 0 Å². The summed E-state index contributed by atoms with van der Waals surface area (Å²) in [6.45, 7) is 4.23. The second kappa shape index (κ2) is 15.6. The first-order valence-corrected chi connectivity index (χ1v) is 15.0. The summed E-state index contributed by atoms with van der Waals surface area (Å²) in [5.74, 6) is 0.592. The van der Waals surface area contributed by atoms with E-state index in [0.29, 0.717) is 29.6 Å². The second-order valence-corrected chi connectivity index (χ2v) is 11.1. The fourth-order valence-corrected chi connectivity index (χ4v) is 5.63. The summed E-state index contributed by atoms with van der Waals surface area (Å²) in [6.07, 6.45) is 5.29. The minimum atomic E-state index is -0.637. The highest BCUT2D eigenvalue weighted by molar-refractivity contribution is 7.99. The van der Waals surface area contributed by atoms with Gasteiger partial charge >= 0.3 is 0 Å². The Bertz CT molecular complexity index is 1260. The Kier molecular flexibility index (Phi) is 11.7. The number of hydrogen-bond acceptors (Lipinski definition) is 8. The number of hydrogen-bond donors (Lipinski definition) is 3. The molecule has 2 aromatic carbocycles. The lowest BCUT2D eigenvalue weighted by molar-refractivity contribution is -0.268. The molecule has 1 aliphatic rings. The molecule has 1 fully saturated rings. The first-order chi connectivity index (χ1) is 19.9. The summed E-state index contributed by atoms with van der Waals surface area (Å²) < 4.78 is 13.0. The predicted octanol–water partition coefficient (Wildman–Crippen LogP) is 5.19. The van der Waals surface area contributed by atoms with E-state index < -0.39 is 6.29 Å². The van der Waals surface area contributed by atoms with Crippen LogP contribution in [0.5, 0.6) is 0 Å². The van der Waals surface area contributed by atoms with Crippen LogP contribution in [0.2, 0.25) is 0 Å². The molecule has 9 nitrogen and oxygen atoms in total. The maximum atomic E-state index is 12.6. The van der Waals surface area contributed by atoms with Crippen molar-refractivity contribution in [3.8, 4) is 0 Å². The molecule has 3 aromatic rings. The van der Waals surface area contributed by atoms with Gasteiger partial charge in [0.25, 0.3) is 0 Å². The van der Waals surface area contributed by atoms with Gasteiger partial charge in [-0.05, 0) is 42.2 Å². The second-order valence-electron chi connectivity index (χ2n) is 10.1. The van der Waals surface area contributed by atoms with Crippen LogP contribution >= 0.6 is 11.8 Å². The van der Waals surface area contributed by atoms with Gasteiger partial charge in [0.05, 0.1) is 18.8 Å². The molecule has 0 radical (unpaired) electrons. The summed E-state index contributed by atoms with van der Waals surface area (Å²) in [5, 5.41) is 15.9. The van der Waals surface area contributed by atoms with Gasteiger partial charge in [-0.3, -0.25) is 9.59 Å². The number of benzene rings is 2. The number of unbranched alkanes of at least 4 members (excludes halogenated alkanes) is 2. The number of nitrogens with zero attached hydrogens (tertiary/aromatic N) is 2. The average Bonchev–Trinajstić information content (AvgIpc) is 2.99. The fraction of sp³-hybridized carbons (Fsp3) is 0.419. The zero-order chi connectivity index (χ0) is 29.0. The fourth-order valence-electron chi connectivity index (χ4n) is 4.66. The number of amides is 2. The Balaban J connectivity index is 1.43. The first kappa shape index (κ1) is 30.6. The number of aliphatic hydroxyl groups is 1. The molecule has 10 heteroatoms. The number of anilines is 1. The third-order valence-corrected chi connectivity index (χ3v) is 7.90. The Labute approximate surface area is 245 Å². The summed E-state index contributed by atoms with van der Waals surface area (Å²) >= 11 is 1.54. The summed E-state index contributed by atoms with van der Waals surface area (Å²) in [7, 11) is 0. The molecule has 4 unspecified atom stereocenters. The first-order valence-electron chi connectivity index (χ1n) is 14.0. The van der Waals surface area contributed by atoms with Crippen LogP contribution in [0.1, 0.15) is 68.6 Å². The van der Waals surface area contributed by atoms with Crippen LogP contribution in [0.3, 0.4) is 0 Å². The maximum absolute atomic E-state index is 12.6. The van der Waals surface area contributed by atoms with Crippen molar-refractivity contribution in [1.29, 1.82) is 0 Å². The molecule has 0 aliphatic carbocycles. The Morgan fingerprint density at radius 1 is 0.976 bits per heavy atom. The van der Waals surface area contributed by atoms with E-state index in [2.05, 4.69) is 27.5 Å². The van der Waals surface area contributed by atoms with Crippen molar-refractivity contribution in [2.24, 2.45) is 5.92 Å². The van der Waals surface area contributed by atoms with Crippen LogP contribution in [0.25, 0.3) is 0 Å². The van der Waals surface area contributed by atoms with E-state index >= 15 is 0 Å². The Hall–Kier alpha value is -3.31. The number of rotatable bonds is 13. The lowest BCUT2D eigenvalue weighted by Crippen LogP contribution is -2.38. The van der Waals surface area contributed by atoms with Gasteiger partial charge in [0.1, 0.15) is 0 Å². The van der Waals surface area contributed by atoms with Crippen molar-refractivity contribution >= 4 is 29.3 Å². The highest BCUT2D eigenvalue weighted by atomic mass is 32.2. The molecule has 3 N–H and O–H groups in total. The molecule has 1 aromatic heterocycles. The largest absolute Gasteiger partial charge is 0.392 e. The molecule has 4 rings (SSSR count). The van der Waals surface area contributed by atoms with E-state index in [-0.39, 0.29) is 36.5 Å². The number of aromatic nitrogens is 2. The van der Waals surface area contributed by atoms with Gasteiger partial charge in [0, 0.05) is 55.2 Å². The van der Waals surface area contributed by atoms with E-state index in [0.717, 1.165) is 36.0 Å². The summed E-state index contributed by atoms with van der Waals surface area (Å²) in [4.78, 5) is 32.2. The quantitative estimate of drug-likeness (QED) is 0.144. The van der Waals surface area contributed by atoms with E-state index in [1.807, 2.05) is 48.5 Å². The maximum Gasteiger partial charge on any atom is 0.224 e. The molecule has 2 heterocycles. The molecule has 1 saturated heterocycles. The van der Waals surface area contributed by atoms with E-state index in [4.69, 9.17) is 9.47 Å². The van der Waals surface area contributed by atoms with Crippen molar-refractivity contribution < 1.29 is 24.2 Å². The minimum Gasteiger partial charge on any atom is -0.392 e. The molecule has 0 saturated carbocycles. The molecule has 41 heavy (non-hydrogen) atoms. The Morgan fingerprint density at radius 3 is 2.49 bits per heavy atom. The smallest absolute Gasteiger partial charge is 0.224 e. The van der Waals surface area contributed by atoms with Crippen molar-refractivity contribution in [1.82, 2.24) is 15.3 Å². The zero-order valence-corrected chi connectivity index (χ0v) is 24.3. The van der Waals surface area contributed by atoms with E-state index in [9.17, 15) is 14.7 Å². The summed E-state index contributed by atoms with van der Waals surface area (Å²) in [6, 6.07) is 17.2. The van der Waals surface area contributed by atoms with Crippen LogP contribution in [-0.4, -0.2) is 45.3 Å². The van der Waals surface area contributed by atoms with Crippen molar-refractivity contribution in [3.63, 3.8) is 0 Å². The molecule has 218 valence electrons. The van der Waals surface area contributed by atoms with Crippen molar-refractivity contribution in [3.05, 3.63) is 83.7 Å². The molecular weight excluding hydrogens is 540 g/mol. The minimum absolute atomic E-state index is 0.0149. The predicted molar refractivity (Wildman–Crippen MR) is 158 cm³/mol. The number of ether oxygens (including phenoxy) is 2. The third kappa shape index (κ3) is 9.36. The Morgan fingerprint density at radius 2 is 1.76 bits per heavy atom. The average molecular weight is 579 g/mol. The lowest BCUT2D eigenvalue weighted by Gasteiger charge is -2.41. The van der Waals surface area contributed by atoms with Gasteiger partial charge in [0.15, 0.2) is 11.4 Å². The van der Waals surface area contributed by atoms with Crippen LogP contribution in [0, 0.1) is 5.92 Å². The van der Waals surface area contributed by atoms with E-state index in [1.54, 1.807) is 30.2 Å². The van der Waals surface area contributed by atoms with E-state index in [1.165, 1.54) is 6.92 Å². The standard InChI is InChI=1S/C31H38N4O5S/c1-21-27(20-41-31-33-16-7-17-34-31)39-30(40-29(21)24-13-11-23(19-36)12-14-24)25-8-6-9-26(18-25)35-28(38)10-4-3-5-15-32-22(2)37/h6-9,11-14,16-18,21,27,29-30,36H,3-5,10,15,19-20H2,1-2H3,(H,32,37)(H,35,38). The van der Waals surface area contributed by atoms with Gasteiger partial charge in [-0.15, -0.1) is 0 Å². The normalized spacial score (nSPS) is 20.4. The van der Waals surface area contributed by atoms with Crippen LogP contribution < -0.4 is 10.6 Å². The monoisotopic (exact) mass is 578 g/mol. The van der Waals surface area contributed by atoms with Crippen molar-refractivity contribution in [2.45, 2.75) is 69.8 Å². The molecule has 4 atom stereocenters. The van der Waals surface area contributed by atoms with Gasteiger partial charge in [0.2, 0.25) is 11.8 Å². The van der Waals surface area contributed by atoms with Gasteiger partial charge in [-0.25, -0.2) is 9.97 Å². The molecule has 0 spiro atoms. The molecule has 0 bridgehead atoms. The molecule has 2 amide bonds. The number of carbonyl (C=O) groups excluding carboxylic acids is 2. The highest BCUT2D eigenvalue weighted by Gasteiger charge is 2.38. The SMILES string of the molecule is CC(=O)NCCCCCC(=O)Nc1cccc(C2OC(CSc3ncccn3)C(C)C(c3ccc(CO)cc3)O2)c1. The van der Waals surface area contributed by atoms with Gasteiger partial charge < -0.3 is 25.2 Å². The van der Waals surface area contributed by atoms with Crippen molar-refractivity contribution in [2.75, 3.05) is 17.6 Å². The molecule has 1 aliphatic heterocycles. The van der Waals surface area contributed by atoms with Crippen LogP contribution in [0.4, 0.5) is 5.69 Å². The molecular formula is C31H38N4O5S. The highest BCUT2D eigenvalue weighted by Crippen LogP contribution is 2.43. The third-order valence-electron chi connectivity index (χ3n) is 6.94. The zero-order valence-electron chi connectivity index (χ0n) is 23.5.